The lowest BCUT2D eigenvalue weighted by Gasteiger charge is -2.12. The molecule has 0 unspecified atom stereocenters. The summed E-state index contributed by atoms with van der Waals surface area (Å²) in [6.45, 7) is 0. The predicted octanol–water partition coefficient (Wildman–Crippen LogP) is 4.17. The fourth-order valence-corrected chi connectivity index (χ4v) is 3.40. The van der Waals surface area contributed by atoms with Gasteiger partial charge in [0.2, 0.25) is 0 Å². The zero-order valence-corrected chi connectivity index (χ0v) is 14.3. The Balaban J connectivity index is 1.53. The smallest absolute Gasteiger partial charge is 0.190 e. The average molecular weight is 355 g/mol. The first-order valence-corrected chi connectivity index (χ1v) is 9.27. The Hall–Kier alpha value is -2.18. The largest absolute Gasteiger partial charge is 0.388 e. The first-order chi connectivity index (χ1) is 12.2. The van der Waals surface area contributed by atoms with Gasteiger partial charge in [0.1, 0.15) is 11.6 Å². The fraction of sp³-hybridized carbons (Fsp3) is 0.263. The van der Waals surface area contributed by atoms with E-state index in [0.29, 0.717) is 22.5 Å². The topological polar surface area (TPSA) is 58.0 Å². The first-order valence-electron chi connectivity index (χ1n) is 8.29. The molecule has 2 N–H and O–H groups in total. The molecule has 4 nitrogen and oxygen atoms in total. The standard InChI is InChI=1S/C19H18FN3OS/c20-13-7-5-12(6-8-13)17(24)11-25-19-22-16-4-2-1-3-15(16)18(23-19)21-14-9-10-14/h1-8,14,17,24H,9-11H2,(H,21,22,23)/t17-/m0/s1. The van der Waals surface area contributed by atoms with Crippen LogP contribution in [0.4, 0.5) is 10.2 Å². The van der Waals surface area contributed by atoms with Crippen LogP contribution in [0.15, 0.2) is 53.7 Å². The van der Waals surface area contributed by atoms with E-state index in [2.05, 4.69) is 15.3 Å². The number of halogens is 1. The molecule has 6 heteroatoms. The third-order valence-electron chi connectivity index (χ3n) is 4.13. The van der Waals surface area contributed by atoms with E-state index in [4.69, 9.17) is 0 Å². The highest BCUT2D eigenvalue weighted by atomic mass is 32.2. The molecule has 1 fully saturated rings. The normalized spacial score (nSPS) is 15.3. The summed E-state index contributed by atoms with van der Waals surface area (Å²) in [4.78, 5) is 9.21. The van der Waals surface area contributed by atoms with Crippen LogP contribution in [0.25, 0.3) is 10.9 Å². The second kappa shape index (κ2) is 6.98. The Kier molecular flexibility index (Phi) is 4.55. The number of fused-ring (bicyclic) bond motifs is 1. The van der Waals surface area contributed by atoms with Crippen molar-refractivity contribution in [3.63, 3.8) is 0 Å². The molecule has 0 bridgehead atoms. The molecule has 0 saturated heterocycles. The van der Waals surface area contributed by atoms with Gasteiger partial charge in [-0.1, -0.05) is 36.0 Å². The van der Waals surface area contributed by atoms with Crippen molar-refractivity contribution in [3.05, 3.63) is 59.9 Å². The summed E-state index contributed by atoms with van der Waals surface area (Å²) in [7, 11) is 0. The second-order valence-electron chi connectivity index (χ2n) is 6.17. The van der Waals surface area contributed by atoms with Gasteiger partial charge in [-0.3, -0.25) is 0 Å². The molecule has 1 aliphatic rings. The number of nitrogens with one attached hydrogen (secondary N) is 1. The Morgan fingerprint density at radius 3 is 2.64 bits per heavy atom. The number of nitrogens with zero attached hydrogens (tertiary/aromatic N) is 2. The molecule has 128 valence electrons. The van der Waals surface area contributed by atoms with Crippen LogP contribution in [0.3, 0.4) is 0 Å². The average Bonchev–Trinajstić information content (AvgIpc) is 3.44. The van der Waals surface area contributed by atoms with E-state index in [1.54, 1.807) is 12.1 Å². The van der Waals surface area contributed by atoms with Gasteiger partial charge in [0.15, 0.2) is 5.16 Å². The monoisotopic (exact) mass is 355 g/mol. The molecule has 1 atom stereocenters. The molecule has 25 heavy (non-hydrogen) atoms. The number of thioether (sulfide) groups is 1. The van der Waals surface area contributed by atoms with E-state index < -0.39 is 6.10 Å². The molecule has 1 saturated carbocycles. The Morgan fingerprint density at radius 2 is 1.88 bits per heavy atom. The molecule has 3 aromatic rings. The van der Waals surface area contributed by atoms with Gasteiger partial charge < -0.3 is 10.4 Å². The molecule has 2 aromatic carbocycles. The molecule has 0 spiro atoms. The zero-order valence-electron chi connectivity index (χ0n) is 13.5. The van der Waals surface area contributed by atoms with Crippen molar-refractivity contribution in [2.75, 3.05) is 11.1 Å². The number of hydrogen-bond donors (Lipinski definition) is 2. The van der Waals surface area contributed by atoms with Crippen LogP contribution in [0.5, 0.6) is 0 Å². The highest BCUT2D eigenvalue weighted by molar-refractivity contribution is 7.99. The molecule has 4 rings (SSSR count). The number of aliphatic hydroxyl groups is 1. The van der Waals surface area contributed by atoms with Crippen LogP contribution in [0.1, 0.15) is 24.5 Å². The van der Waals surface area contributed by atoms with Gasteiger partial charge in [0.05, 0.1) is 11.6 Å². The number of hydrogen-bond acceptors (Lipinski definition) is 5. The molecule has 0 amide bonds. The number of anilines is 1. The van der Waals surface area contributed by atoms with Crippen LogP contribution in [-0.4, -0.2) is 26.9 Å². The summed E-state index contributed by atoms with van der Waals surface area (Å²) in [5.41, 5.74) is 1.57. The summed E-state index contributed by atoms with van der Waals surface area (Å²) < 4.78 is 13.0. The highest BCUT2D eigenvalue weighted by Gasteiger charge is 2.23. The van der Waals surface area contributed by atoms with Crippen LogP contribution < -0.4 is 5.32 Å². The molecular weight excluding hydrogens is 337 g/mol. The van der Waals surface area contributed by atoms with Crippen LogP contribution >= 0.6 is 11.8 Å². The van der Waals surface area contributed by atoms with Gasteiger partial charge in [-0.2, -0.15) is 0 Å². The Labute approximate surface area is 149 Å². The molecule has 0 aliphatic heterocycles. The summed E-state index contributed by atoms with van der Waals surface area (Å²) >= 11 is 1.40. The van der Waals surface area contributed by atoms with Crippen molar-refractivity contribution >= 4 is 28.5 Å². The van der Waals surface area contributed by atoms with Crippen LogP contribution in [0, 0.1) is 5.82 Å². The second-order valence-corrected chi connectivity index (χ2v) is 7.16. The maximum Gasteiger partial charge on any atom is 0.190 e. The van der Waals surface area contributed by atoms with Crippen molar-refractivity contribution in [1.29, 1.82) is 0 Å². The maximum absolute atomic E-state index is 13.0. The Bertz CT molecular complexity index is 883. The quantitative estimate of drug-likeness (QED) is 0.513. The molecule has 1 heterocycles. The van der Waals surface area contributed by atoms with Crippen molar-refractivity contribution in [1.82, 2.24) is 9.97 Å². The van der Waals surface area contributed by atoms with Gasteiger partial charge >= 0.3 is 0 Å². The molecule has 1 aromatic heterocycles. The van der Waals surface area contributed by atoms with Gasteiger partial charge in [0, 0.05) is 17.2 Å². The first kappa shape index (κ1) is 16.3. The maximum atomic E-state index is 13.0. The van der Waals surface area contributed by atoms with E-state index >= 15 is 0 Å². The van der Waals surface area contributed by atoms with Gasteiger partial charge in [-0.15, -0.1) is 0 Å². The number of para-hydroxylation sites is 1. The lowest BCUT2D eigenvalue weighted by molar-refractivity contribution is 0.204. The van der Waals surface area contributed by atoms with E-state index in [-0.39, 0.29) is 5.82 Å². The lowest BCUT2D eigenvalue weighted by Crippen LogP contribution is -2.06. The lowest BCUT2D eigenvalue weighted by atomic mass is 10.1. The highest BCUT2D eigenvalue weighted by Crippen LogP contribution is 2.30. The summed E-state index contributed by atoms with van der Waals surface area (Å²) in [6, 6.07) is 14.3. The number of aliphatic hydroxyl groups excluding tert-OH is 1. The van der Waals surface area contributed by atoms with E-state index in [9.17, 15) is 9.50 Å². The van der Waals surface area contributed by atoms with Crippen molar-refractivity contribution in [2.24, 2.45) is 0 Å². The van der Waals surface area contributed by atoms with E-state index in [0.717, 1.165) is 16.7 Å². The number of benzene rings is 2. The number of rotatable bonds is 6. The molecule has 0 radical (unpaired) electrons. The summed E-state index contributed by atoms with van der Waals surface area (Å²) in [5.74, 6) is 0.955. The van der Waals surface area contributed by atoms with Crippen molar-refractivity contribution < 1.29 is 9.50 Å². The van der Waals surface area contributed by atoms with Crippen molar-refractivity contribution in [3.8, 4) is 0 Å². The van der Waals surface area contributed by atoms with Gasteiger partial charge in [-0.25, -0.2) is 14.4 Å². The fourth-order valence-electron chi connectivity index (χ4n) is 2.59. The van der Waals surface area contributed by atoms with Crippen molar-refractivity contribution in [2.45, 2.75) is 30.1 Å². The van der Waals surface area contributed by atoms with Crippen LogP contribution in [-0.2, 0) is 0 Å². The van der Waals surface area contributed by atoms with Crippen LogP contribution in [0.2, 0.25) is 0 Å². The Morgan fingerprint density at radius 1 is 1.12 bits per heavy atom. The van der Waals surface area contributed by atoms with Gasteiger partial charge in [0.25, 0.3) is 0 Å². The molecule has 1 aliphatic carbocycles. The summed E-state index contributed by atoms with van der Waals surface area (Å²) in [6.07, 6.45) is 1.65. The van der Waals surface area contributed by atoms with E-state index in [1.807, 2.05) is 24.3 Å². The SMILES string of the molecule is O[C@@H](CSc1nc(NC2CC2)c2ccccc2n1)c1ccc(F)cc1. The minimum Gasteiger partial charge on any atom is -0.388 e. The van der Waals surface area contributed by atoms with E-state index in [1.165, 1.54) is 36.7 Å². The third-order valence-corrected chi connectivity index (χ3v) is 5.05. The zero-order chi connectivity index (χ0) is 17.2. The van der Waals surface area contributed by atoms with Gasteiger partial charge in [-0.05, 0) is 42.7 Å². The third kappa shape index (κ3) is 3.91. The number of aromatic nitrogens is 2. The minimum atomic E-state index is -0.694. The molecular formula is C19H18FN3OS. The predicted molar refractivity (Wildman–Crippen MR) is 98.3 cm³/mol. The minimum absolute atomic E-state index is 0.308. The summed E-state index contributed by atoms with van der Waals surface area (Å²) in [5, 5.41) is 15.4.